The Morgan fingerprint density at radius 2 is 2.10 bits per heavy atom. The molecule has 21 heavy (non-hydrogen) atoms. The van der Waals surface area contributed by atoms with E-state index in [0.29, 0.717) is 12.0 Å². The van der Waals surface area contributed by atoms with Gasteiger partial charge in [-0.1, -0.05) is 40.2 Å². The van der Waals surface area contributed by atoms with E-state index in [2.05, 4.69) is 58.6 Å². The van der Waals surface area contributed by atoms with E-state index >= 15 is 0 Å². The summed E-state index contributed by atoms with van der Waals surface area (Å²) in [5.41, 5.74) is 4.23. The summed E-state index contributed by atoms with van der Waals surface area (Å²) in [5, 5.41) is 3.49. The quantitative estimate of drug-likeness (QED) is 0.886. The fourth-order valence-electron chi connectivity index (χ4n) is 3.25. The Kier molecular flexibility index (Phi) is 4.32. The van der Waals surface area contributed by atoms with Gasteiger partial charge in [0, 0.05) is 16.4 Å². The standard InChI is InChI=1S/C18H20BrNO/c1-20-17(16-10-12-5-3-4-6-15(12)16)11-13-9-14(19)7-8-18(13)21-2/h3-9,16-17,20H,10-11H2,1-2H3. The van der Waals surface area contributed by atoms with Gasteiger partial charge in [0.15, 0.2) is 0 Å². The maximum Gasteiger partial charge on any atom is 0.122 e. The van der Waals surface area contributed by atoms with Crippen LogP contribution in [0.5, 0.6) is 5.75 Å². The largest absolute Gasteiger partial charge is 0.496 e. The van der Waals surface area contributed by atoms with Crippen LogP contribution in [0.3, 0.4) is 0 Å². The fraction of sp³-hybridized carbons (Fsp3) is 0.333. The second kappa shape index (κ2) is 6.20. The minimum atomic E-state index is 0.433. The average molecular weight is 346 g/mol. The Balaban J connectivity index is 1.82. The highest BCUT2D eigenvalue weighted by atomic mass is 79.9. The van der Waals surface area contributed by atoms with Crippen LogP contribution in [-0.4, -0.2) is 20.2 Å². The van der Waals surface area contributed by atoms with Crippen molar-refractivity contribution in [3.63, 3.8) is 0 Å². The number of methoxy groups -OCH3 is 1. The van der Waals surface area contributed by atoms with Gasteiger partial charge in [-0.3, -0.25) is 0 Å². The van der Waals surface area contributed by atoms with Crippen LogP contribution in [-0.2, 0) is 12.8 Å². The molecule has 0 amide bonds. The third kappa shape index (κ3) is 2.85. The monoisotopic (exact) mass is 345 g/mol. The normalized spacial score (nSPS) is 17.8. The zero-order valence-corrected chi connectivity index (χ0v) is 14.0. The number of likely N-dealkylation sites (N-methyl/N-ethyl adjacent to an activating group) is 1. The summed E-state index contributed by atoms with van der Waals surface area (Å²) >= 11 is 3.56. The molecule has 3 rings (SSSR count). The molecule has 1 N–H and O–H groups in total. The van der Waals surface area contributed by atoms with Gasteiger partial charge >= 0.3 is 0 Å². The molecule has 0 fully saturated rings. The number of hydrogen-bond donors (Lipinski definition) is 1. The van der Waals surface area contributed by atoms with Crippen molar-refractivity contribution in [2.24, 2.45) is 0 Å². The first-order chi connectivity index (χ1) is 10.2. The van der Waals surface area contributed by atoms with Crippen LogP contribution in [0.2, 0.25) is 0 Å². The number of rotatable bonds is 5. The number of ether oxygens (including phenoxy) is 1. The molecule has 0 saturated carbocycles. The van der Waals surface area contributed by atoms with Gasteiger partial charge < -0.3 is 10.1 Å². The third-order valence-electron chi connectivity index (χ3n) is 4.43. The van der Waals surface area contributed by atoms with Gasteiger partial charge in [-0.2, -0.15) is 0 Å². The number of halogens is 1. The maximum atomic E-state index is 5.50. The lowest BCUT2D eigenvalue weighted by molar-refractivity contribution is 0.391. The van der Waals surface area contributed by atoms with E-state index in [1.807, 2.05) is 12.1 Å². The van der Waals surface area contributed by atoms with Gasteiger partial charge in [0.05, 0.1) is 7.11 Å². The highest BCUT2D eigenvalue weighted by Gasteiger charge is 2.32. The van der Waals surface area contributed by atoms with Crippen LogP contribution in [0.1, 0.15) is 22.6 Å². The van der Waals surface area contributed by atoms with Gasteiger partial charge in [-0.05, 0) is 54.8 Å². The lowest BCUT2D eigenvalue weighted by Gasteiger charge is -2.36. The smallest absolute Gasteiger partial charge is 0.122 e. The van der Waals surface area contributed by atoms with Gasteiger partial charge in [-0.25, -0.2) is 0 Å². The predicted molar refractivity (Wildman–Crippen MR) is 90.1 cm³/mol. The molecule has 2 nitrogen and oxygen atoms in total. The zero-order valence-electron chi connectivity index (χ0n) is 12.4. The first-order valence-corrected chi connectivity index (χ1v) is 8.09. The molecule has 2 aromatic rings. The number of fused-ring (bicyclic) bond motifs is 1. The van der Waals surface area contributed by atoms with Crippen molar-refractivity contribution >= 4 is 15.9 Å². The Labute approximate surface area is 134 Å². The molecule has 2 unspecified atom stereocenters. The molecular weight excluding hydrogens is 326 g/mol. The summed E-state index contributed by atoms with van der Waals surface area (Å²) in [7, 11) is 3.79. The van der Waals surface area contributed by atoms with E-state index in [9.17, 15) is 0 Å². The summed E-state index contributed by atoms with van der Waals surface area (Å²) in [6.07, 6.45) is 2.14. The fourth-order valence-corrected chi connectivity index (χ4v) is 3.65. The molecule has 110 valence electrons. The number of benzene rings is 2. The highest BCUT2D eigenvalue weighted by molar-refractivity contribution is 9.10. The van der Waals surface area contributed by atoms with E-state index < -0.39 is 0 Å². The first-order valence-electron chi connectivity index (χ1n) is 7.30. The topological polar surface area (TPSA) is 21.3 Å². The van der Waals surface area contributed by atoms with Gasteiger partial charge in [0.1, 0.15) is 5.75 Å². The molecular formula is C18H20BrNO. The van der Waals surface area contributed by atoms with E-state index in [4.69, 9.17) is 4.74 Å². The van der Waals surface area contributed by atoms with Crippen molar-refractivity contribution in [1.29, 1.82) is 0 Å². The van der Waals surface area contributed by atoms with E-state index in [-0.39, 0.29) is 0 Å². The minimum absolute atomic E-state index is 0.433. The van der Waals surface area contributed by atoms with Crippen molar-refractivity contribution in [2.45, 2.75) is 24.8 Å². The lowest BCUT2D eigenvalue weighted by Crippen LogP contribution is -2.39. The van der Waals surface area contributed by atoms with Crippen LogP contribution in [0.4, 0.5) is 0 Å². The molecule has 2 atom stereocenters. The van der Waals surface area contributed by atoms with Crippen LogP contribution < -0.4 is 10.1 Å². The van der Waals surface area contributed by atoms with Crippen molar-refractivity contribution in [2.75, 3.05) is 14.2 Å². The summed E-state index contributed by atoms with van der Waals surface area (Å²) in [5.74, 6) is 1.56. The van der Waals surface area contributed by atoms with Crippen LogP contribution in [0.15, 0.2) is 46.9 Å². The molecule has 3 heteroatoms. The van der Waals surface area contributed by atoms with Crippen molar-refractivity contribution in [3.05, 3.63) is 63.6 Å². The van der Waals surface area contributed by atoms with Crippen LogP contribution in [0.25, 0.3) is 0 Å². The Hall–Kier alpha value is -1.32. The zero-order chi connectivity index (χ0) is 14.8. The number of hydrogen-bond acceptors (Lipinski definition) is 2. The van der Waals surface area contributed by atoms with Crippen molar-refractivity contribution in [3.8, 4) is 5.75 Å². The van der Waals surface area contributed by atoms with E-state index in [1.165, 1.54) is 16.7 Å². The molecule has 0 saturated heterocycles. The second-order valence-corrected chi connectivity index (χ2v) is 6.48. The van der Waals surface area contributed by atoms with Gasteiger partial charge in [0.25, 0.3) is 0 Å². The molecule has 0 radical (unpaired) electrons. The SMILES string of the molecule is CNC(Cc1cc(Br)ccc1OC)C1Cc2ccccc21. The van der Waals surface area contributed by atoms with Crippen LogP contribution >= 0.6 is 15.9 Å². The second-order valence-electron chi connectivity index (χ2n) is 5.56. The molecule has 0 heterocycles. The average Bonchev–Trinajstić information content (AvgIpc) is 2.47. The third-order valence-corrected chi connectivity index (χ3v) is 4.93. The van der Waals surface area contributed by atoms with E-state index in [0.717, 1.165) is 23.1 Å². The lowest BCUT2D eigenvalue weighted by atomic mass is 9.72. The molecule has 0 aliphatic heterocycles. The van der Waals surface area contributed by atoms with E-state index in [1.54, 1.807) is 7.11 Å². The maximum absolute atomic E-state index is 5.50. The number of nitrogens with one attached hydrogen (secondary N) is 1. The minimum Gasteiger partial charge on any atom is -0.496 e. The van der Waals surface area contributed by atoms with Gasteiger partial charge in [-0.15, -0.1) is 0 Å². The Morgan fingerprint density at radius 1 is 1.29 bits per heavy atom. The van der Waals surface area contributed by atoms with Crippen molar-refractivity contribution in [1.82, 2.24) is 5.32 Å². The predicted octanol–water partition coefficient (Wildman–Crippen LogP) is 3.93. The highest BCUT2D eigenvalue weighted by Crippen LogP contribution is 2.39. The molecule has 0 bridgehead atoms. The summed E-state index contributed by atoms with van der Waals surface area (Å²) < 4.78 is 6.60. The van der Waals surface area contributed by atoms with Gasteiger partial charge in [0.2, 0.25) is 0 Å². The molecule has 1 aliphatic rings. The summed E-state index contributed by atoms with van der Waals surface area (Å²) in [6.45, 7) is 0. The first kappa shape index (κ1) is 14.6. The molecule has 2 aromatic carbocycles. The Morgan fingerprint density at radius 3 is 2.81 bits per heavy atom. The summed E-state index contributed by atoms with van der Waals surface area (Å²) in [6, 6.07) is 15.4. The van der Waals surface area contributed by atoms with Crippen molar-refractivity contribution < 1.29 is 4.74 Å². The molecule has 0 spiro atoms. The van der Waals surface area contributed by atoms with Crippen LogP contribution in [0, 0.1) is 0 Å². The summed E-state index contributed by atoms with van der Waals surface area (Å²) in [4.78, 5) is 0. The molecule has 1 aliphatic carbocycles. The molecule has 0 aromatic heterocycles. The Bertz CT molecular complexity index is 641.